The predicted octanol–water partition coefficient (Wildman–Crippen LogP) is 3.19. The Bertz CT molecular complexity index is 1110. The maximum atomic E-state index is 13.1. The molecule has 2 aromatic carbocycles. The zero-order valence-corrected chi connectivity index (χ0v) is 17.1. The molecule has 3 rings (SSSR count). The number of hydrogen-bond donors (Lipinski definition) is 2. The van der Waals surface area contributed by atoms with E-state index in [0.717, 1.165) is 4.68 Å². The minimum Gasteiger partial charge on any atom is -0.383 e. The number of nitrogen functional groups attached to an aromatic ring is 1. The number of aromatic nitrogens is 2. The Hall–Kier alpha value is -2.85. The summed E-state index contributed by atoms with van der Waals surface area (Å²) >= 11 is 1.23. The molecule has 0 fully saturated rings. The van der Waals surface area contributed by atoms with Crippen molar-refractivity contribution < 1.29 is 17.6 Å². The van der Waals surface area contributed by atoms with Crippen LogP contribution in [-0.4, -0.2) is 29.9 Å². The fourth-order valence-corrected chi connectivity index (χ4v) is 5.20. The molecule has 152 valence electrons. The normalized spacial score (nSPS) is 11.4. The van der Waals surface area contributed by atoms with Gasteiger partial charge < -0.3 is 11.1 Å². The fourth-order valence-electron chi connectivity index (χ4n) is 2.63. The number of amides is 1. The van der Waals surface area contributed by atoms with Crippen molar-refractivity contribution in [2.45, 2.75) is 28.3 Å². The Morgan fingerprint density at radius 1 is 1.17 bits per heavy atom. The lowest BCUT2D eigenvalue weighted by atomic mass is 10.3. The van der Waals surface area contributed by atoms with Gasteiger partial charge in [-0.15, -0.1) is 11.8 Å². The van der Waals surface area contributed by atoms with E-state index in [-0.39, 0.29) is 27.2 Å². The van der Waals surface area contributed by atoms with Gasteiger partial charge in [0.15, 0.2) is 0 Å². The highest BCUT2D eigenvalue weighted by molar-refractivity contribution is 8.00. The second-order valence-corrected chi connectivity index (χ2v) is 9.12. The molecular formula is C19H19FN4O3S2. The van der Waals surface area contributed by atoms with E-state index in [1.807, 2.05) is 6.92 Å². The van der Waals surface area contributed by atoms with Gasteiger partial charge in [0.25, 0.3) is 0 Å². The number of benzene rings is 2. The van der Waals surface area contributed by atoms with Gasteiger partial charge in [0, 0.05) is 5.69 Å². The van der Waals surface area contributed by atoms with Crippen LogP contribution < -0.4 is 11.1 Å². The number of anilines is 2. The van der Waals surface area contributed by atoms with Gasteiger partial charge in [-0.05, 0) is 42.2 Å². The van der Waals surface area contributed by atoms with Crippen molar-refractivity contribution in [3.63, 3.8) is 0 Å². The van der Waals surface area contributed by atoms with Crippen LogP contribution in [0, 0.1) is 5.82 Å². The van der Waals surface area contributed by atoms with Crippen molar-refractivity contribution >= 4 is 39.0 Å². The largest absolute Gasteiger partial charge is 0.383 e. The molecule has 1 heterocycles. The van der Waals surface area contributed by atoms with Gasteiger partial charge in [0.2, 0.25) is 15.7 Å². The topological polar surface area (TPSA) is 107 Å². The summed E-state index contributed by atoms with van der Waals surface area (Å²) in [4.78, 5) is 12.3. The Labute approximate surface area is 172 Å². The number of sulfone groups is 1. The summed E-state index contributed by atoms with van der Waals surface area (Å²) < 4.78 is 40.3. The summed E-state index contributed by atoms with van der Waals surface area (Å²) in [6.45, 7) is 1.57. The number of nitrogens with zero attached hydrogens (tertiary/aromatic N) is 2. The number of carbonyl (C=O) groups excluding carboxylic acids is 1. The van der Waals surface area contributed by atoms with Crippen molar-refractivity contribution in [3.8, 4) is 0 Å². The highest BCUT2D eigenvalue weighted by Crippen LogP contribution is 2.34. The number of thioether (sulfide) groups is 1. The SMILES string of the molecule is CCSc1nn(CC(=O)Nc2ccc(F)cc2)c(N)c1S(=O)(=O)c1ccccc1. The van der Waals surface area contributed by atoms with Gasteiger partial charge in [0.1, 0.15) is 28.1 Å². The third-order valence-electron chi connectivity index (χ3n) is 3.94. The summed E-state index contributed by atoms with van der Waals surface area (Å²) in [5, 5.41) is 7.08. The first kappa shape index (κ1) is 20.9. The van der Waals surface area contributed by atoms with E-state index < -0.39 is 21.6 Å². The monoisotopic (exact) mass is 434 g/mol. The van der Waals surface area contributed by atoms with Crippen molar-refractivity contribution in [2.24, 2.45) is 0 Å². The Morgan fingerprint density at radius 3 is 2.45 bits per heavy atom. The highest BCUT2D eigenvalue weighted by atomic mass is 32.2. The second-order valence-electron chi connectivity index (χ2n) is 5.98. The van der Waals surface area contributed by atoms with E-state index in [4.69, 9.17) is 5.73 Å². The number of halogens is 1. The van der Waals surface area contributed by atoms with Crippen LogP contribution in [0.5, 0.6) is 0 Å². The molecule has 0 aliphatic heterocycles. The number of nitrogens with one attached hydrogen (secondary N) is 1. The number of carbonyl (C=O) groups is 1. The first-order chi connectivity index (χ1) is 13.8. The maximum absolute atomic E-state index is 13.1. The maximum Gasteiger partial charge on any atom is 0.246 e. The van der Waals surface area contributed by atoms with E-state index >= 15 is 0 Å². The molecule has 0 saturated heterocycles. The zero-order chi connectivity index (χ0) is 21.0. The van der Waals surface area contributed by atoms with Crippen molar-refractivity contribution in [1.82, 2.24) is 9.78 Å². The van der Waals surface area contributed by atoms with E-state index in [2.05, 4.69) is 10.4 Å². The summed E-state index contributed by atoms with van der Waals surface area (Å²) in [7, 11) is -3.90. The van der Waals surface area contributed by atoms with Gasteiger partial charge >= 0.3 is 0 Å². The number of hydrogen-bond acceptors (Lipinski definition) is 6. The smallest absolute Gasteiger partial charge is 0.246 e. The molecule has 0 aliphatic rings. The minimum atomic E-state index is -3.90. The second kappa shape index (κ2) is 8.66. The average molecular weight is 435 g/mol. The summed E-state index contributed by atoms with van der Waals surface area (Å²) in [6.07, 6.45) is 0. The molecule has 0 bridgehead atoms. The molecule has 1 aromatic heterocycles. The average Bonchev–Trinajstić information content (AvgIpc) is 3.00. The van der Waals surface area contributed by atoms with Crippen molar-refractivity contribution in [1.29, 1.82) is 0 Å². The third kappa shape index (κ3) is 4.60. The molecule has 0 aliphatic carbocycles. The molecule has 7 nitrogen and oxygen atoms in total. The summed E-state index contributed by atoms with van der Waals surface area (Å²) in [5.74, 6) is -0.423. The molecule has 1 amide bonds. The first-order valence-corrected chi connectivity index (χ1v) is 11.1. The van der Waals surface area contributed by atoms with Gasteiger partial charge in [-0.3, -0.25) is 4.79 Å². The van der Waals surface area contributed by atoms with Crippen molar-refractivity contribution in [2.75, 3.05) is 16.8 Å². The zero-order valence-electron chi connectivity index (χ0n) is 15.5. The summed E-state index contributed by atoms with van der Waals surface area (Å²) in [6, 6.07) is 13.2. The third-order valence-corrected chi connectivity index (χ3v) is 6.75. The molecule has 0 unspecified atom stereocenters. The van der Waals surface area contributed by atoms with E-state index in [1.54, 1.807) is 18.2 Å². The number of nitrogens with two attached hydrogens (primary N) is 1. The van der Waals surface area contributed by atoms with E-state index in [0.29, 0.717) is 11.4 Å². The van der Waals surface area contributed by atoms with Gasteiger partial charge in [-0.25, -0.2) is 17.5 Å². The van der Waals surface area contributed by atoms with Gasteiger partial charge in [0.05, 0.1) is 4.90 Å². The standard InChI is InChI=1S/C19H19FN4O3S2/c1-2-28-19-17(29(26,27)15-6-4-3-5-7-15)18(21)24(23-19)12-16(25)22-14-10-8-13(20)9-11-14/h3-11H,2,12,21H2,1H3,(H,22,25). The molecule has 0 atom stereocenters. The van der Waals surface area contributed by atoms with Crippen LogP contribution in [-0.2, 0) is 21.2 Å². The molecule has 3 N–H and O–H groups in total. The molecule has 10 heteroatoms. The van der Waals surface area contributed by atoms with E-state index in [9.17, 15) is 17.6 Å². The Kier molecular flexibility index (Phi) is 6.23. The molecule has 0 radical (unpaired) electrons. The molecule has 0 saturated carbocycles. The molecule has 3 aromatic rings. The minimum absolute atomic E-state index is 0.0972. The number of rotatable bonds is 7. The van der Waals surface area contributed by atoms with Gasteiger partial charge in [-0.2, -0.15) is 5.10 Å². The van der Waals surface area contributed by atoms with Crippen LogP contribution in [0.25, 0.3) is 0 Å². The lowest BCUT2D eigenvalue weighted by Crippen LogP contribution is -2.21. The Balaban J connectivity index is 1.92. The van der Waals surface area contributed by atoms with Crippen LogP contribution in [0.3, 0.4) is 0 Å². The van der Waals surface area contributed by atoms with Crippen LogP contribution in [0.4, 0.5) is 15.9 Å². The lowest BCUT2D eigenvalue weighted by Gasteiger charge is -2.08. The molecule has 29 heavy (non-hydrogen) atoms. The highest BCUT2D eigenvalue weighted by Gasteiger charge is 2.29. The first-order valence-electron chi connectivity index (χ1n) is 8.67. The van der Waals surface area contributed by atoms with Crippen LogP contribution in [0.2, 0.25) is 0 Å². The van der Waals surface area contributed by atoms with Gasteiger partial charge in [-0.1, -0.05) is 25.1 Å². The van der Waals surface area contributed by atoms with Crippen LogP contribution in [0.15, 0.2) is 69.4 Å². The molecular weight excluding hydrogens is 415 g/mol. The predicted molar refractivity (Wildman–Crippen MR) is 110 cm³/mol. The fraction of sp³-hybridized carbons (Fsp3) is 0.158. The Morgan fingerprint density at radius 2 is 1.83 bits per heavy atom. The quantitative estimate of drug-likeness (QED) is 0.553. The van der Waals surface area contributed by atoms with Crippen LogP contribution >= 0.6 is 11.8 Å². The molecule has 0 spiro atoms. The lowest BCUT2D eigenvalue weighted by molar-refractivity contribution is -0.116. The van der Waals surface area contributed by atoms with Crippen LogP contribution in [0.1, 0.15) is 6.92 Å². The van der Waals surface area contributed by atoms with Crippen molar-refractivity contribution in [3.05, 3.63) is 60.4 Å². The van der Waals surface area contributed by atoms with E-state index in [1.165, 1.54) is 48.2 Å². The summed E-state index contributed by atoms with van der Waals surface area (Å²) in [5.41, 5.74) is 6.50.